The Kier molecular flexibility index (Phi) is 7.62. The van der Waals surface area contributed by atoms with Crippen molar-refractivity contribution in [2.24, 2.45) is 5.73 Å². The molecule has 0 saturated heterocycles. The summed E-state index contributed by atoms with van der Waals surface area (Å²) in [5, 5.41) is 17.8. The molecule has 0 bridgehead atoms. The Bertz CT molecular complexity index is 1640. The van der Waals surface area contributed by atoms with Crippen molar-refractivity contribution >= 4 is 49.7 Å². The lowest BCUT2D eigenvalue weighted by molar-refractivity contribution is 0.382. The fourth-order valence-electron chi connectivity index (χ4n) is 3.02. The van der Waals surface area contributed by atoms with E-state index in [1.807, 2.05) is 0 Å². The zero-order valence-corrected chi connectivity index (χ0v) is 21.8. The lowest BCUT2D eigenvalue weighted by Gasteiger charge is -2.20. The van der Waals surface area contributed by atoms with Crippen LogP contribution in [0.3, 0.4) is 0 Å². The van der Waals surface area contributed by atoms with Gasteiger partial charge in [0, 0.05) is 33.0 Å². The summed E-state index contributed by atoms with van der Waals surface area (Å²) in [6, 6.07) is 12.5. The highest BCUT2D eigenvalue weighted by atomic mass is 32.2. The van der Waals surface area contributed by atoms with Gasteiger partial charge in [-0.05, 0) is 36.4 Å². The molecule has 4 rings (SSSR count). The van der Waals surface area contributed by atoms with Gasteiger partial charge in [0.15, 0.2) is 0 Å². The average Bonchev–Trinajstić information content (AvgIpc) is 3.43. The summed E-state index contributed by atoms with van der Waals surface area (Å²) in [7, 11) is -8.69. The molecule has 0 unspecified atom stereocenters. The number of nitrogens with two attached hydrogens (primary N) is 1. The van der Waals surface area contributed by atoms with Crippen molar-refractivity contribution in [1.29, 1.82) is 10.5 Å². The van der Waals surface area contributed by atoms with Crippen LogP contribution >= 0.6 is 30.3 Å². The smallest absolute Gasteiger partial charge is 0.415 e. The minimum atomic E-state index is -4.50. The predicted octanol–water partition coefficient (Wildman–Crippen LogP) is 5.03. The van der Waals surface area contributed by atoms with Crippen LogP contribution in [0.2, 0.25) is 0 Å². The number of nitrogens with zero attached hydrogens (tertiary/aromatic N) is 2. The molecule has 190 valence electrons. The molecule has 37 heavy (non-hydrogen) atoms. The van der Waals surface area contributed by atoms with Crippen molar-refractivity contribution < 1.29 is 30.8 Å². The summed E-state index contributed by atoms with van der Waals surface area (Å²) < 4.78 is 81.9. The highest BCUT2D eigenvalue weighted by Crippen LogP contribution is 2.48. The van der Waals surface area contributed by atoms with Crippen molar-refractivity contribution in [2.75, 3.05) is 6.29 Å². The first-order chi connectivity index (χ1) is 17.6. The van der Waals surface area contributed by atoms with Gasteiger partial charge in [-0.3, -0.25) is 0 Å². The van der Waals surface area contributed by atoms with Crippen LogP contribution in [0.4, 0.5) is 8.78 Å². The molecule has 2 heterocycles. The van der Waals surface area contributed by atoms with Crippen LogP contribution in [0, 0.1) is 34.3 Å². The highest BCUT2D eigenvalue weighted by Gasteiger charge is 2.32. The molecule has 0 aliphatic heterocycles. The van der Waals surface area contributed by atoms with Crippen LogP contribution in [0.15, 0.2) is 52.7 Å². The average molecular weight is 581 g/mol. The van der Waals surface area contributed by atoms with Gasteiger partial charge in [-0.1, -0.05) is 0 Å². The van der Waals surface area contributed by atoms with E-state index in [0.717, 1.165) is 52.6 Å². The van der Waals surface area contributed by atoms with Gasteiger partial charge in [-0.25, -0.2) is 21.8 Å². The molecule has 3 N–H and O–H groups in total. The summed E-state index contributed by atoms with van der Waals surface area (Å²) in [5.74, 6) is -2.57. The summed E-state index contributed by atoms with van der Waals surface area (Å²) in [6.07, 6.45) is -0.905. The SMILES string of the molecule is N#Cc1ccc(OP(=O)(CNS(=O)(=O)c2cc3sc(CN)cc3s2)Oc2ccc(C#N)c(F)c2)cc1F. The van der Waals surface area contributed by atoms with E-state index in [9.17, 15) is 21.8 Å². The zero-order valence-electron chi connectivity index (χ0n) is 18.5. The zero-order chi connectivity index (χ0) is 26.8. The van der Waals surface area contributed by atoms with Gasteiger partial charge < -0.3 is 14.8 Å². The molecule has 0 aliphatic carbocycles. The second kappa shape index (κ2) is 10.6. The van der Waals surface area contributed by atoms with Crippen LogP contribution in [0.1, 0.15) is 16.0 Å². The number of rotatable bonds is 9. The maximum Gasteiger partial charge on any atom is 0.445 e. The molecular weight excluding hydrogens is 565 g/mol. The molecule has 15 heteroatoms. The van der Waals surface area contributed by atoms with E-state index < -0.39 is 35.5 Å². The molecule has 0 amide bonds. The predicted molar refractivity (Wildman–Crippen MR) is 134 cm³/mol. The molecule has 0 spiro atoms. The number of thiophene rings is 2. The van der Waals surface area contributed by atoms with Gasteiger partial charge in [0.2, 0.25) is 0 Å². The quantitative estimate of drug-likeness (QED) is 0.261. The number of sulfonamides is 1. The maximum atomic E-state index is 14.1. The first-order valence-electron chi connectivity index (χ1n) is 10.2. The number of fused-ring (bicyclic) bond motifs is 1. The number of nitriles is 2. The summed E-state index contributed by atoms with van der Waals surface area (Å²) in [4.78, 5) is 0.883. The molecule has 0 atom stereocenters. The first-order valence-corrected chi connectivity index (χ1v) is 15.0. The molecule has 0 saturated carbocycles. The summed E-state index contributed by atoms with van der Waals surface area (Å²) >= 11 is 2.33. The molecule has 0 fully saturated rings. The Hall–Kier alpha value is -3.36. The normalized spacial score (nSPS) is 11.7. The van der Waals surface area contributed by atoms with Crippen LogP contribution < -0.4 is 19.5 Å². The topological polar surface area (TPSA) is 155 Å². The van der Waals surface area contributed by atoms with Crippen molar-refractivity contribution in [3.8, 4) is 23.6 Å². The van der Waals surface area contributed by atoms with Crippen molar-refractivity contribution in [2.45, 2.75) is 10.8 Å². The highest BCUT2D eigenvalue weighted by molar-refractivity contribution is 7.92. The number of benzene rings is 2. The molecule has 2 aromatic heterocycles. The minimum absolute atomic E-state index is 0.0577. The van der Waals surface area contributed by atoms with E-state index in [-0.39, 0.29) is 26.8 Å². The third kappa shape index (κ3) is 5.97. The minimum Gasteiger partial charge on any atom is -0.415 e. The maximum absolute atomic E-state index is 14.1. The fourth-order valence-corrected chi connectivity index (χ4v) is 8.78. The molecule has 0 radical (unpaired) electrons. The van der Waals surface area contributed by atoms with E-state index in [1.165, 1.54) is 17.4 Å². The second-order valence-electron chi connectivity index (χ2n) is 7.32. The van der Waals surface area contributed by atoms with Crippen molar-refractivity contribution in [3.05, 3.63) is 76.2 Å². The first kappa shape index (κ1) is 26.7. The molecule has 4 aromatic rings. The molecular formula is C22H15F2N4O5PS3. The Morgan fingerprint density at radius 1 is 0.919 bits per heavy atom. The van der Waals surface area contributed by atoms with Gasteiger partial charge >= 0.3 is 7.60 Å². The summed E-state index contributed by atoms with van der Waals surface area (Å²) in [6.45, 7) is 0.316. The molecule has 2 aromatic carbocycles. The van der Waals surface area contributed by atoms with E-state index in [4.69, 9.17) is 25.3 Å². The van der Waals surface area contributed by atoms with E-state index >= 15 is 0 Å². The number of hydrogen-bond donors (Lipinski definition) is 2. The van der Waals surface area contributed by atoms with Gasteiger partial charge in [0.25, 0.3) is 10.0 Å². The number of nitrogens with one attached hydrogen (secondary N) is 1. The van der Waals surface area contributed by atoms with Crippen molar-refractivity contribution in [1.82, 2.24) is 4.72 Å². The standard InChI is InChI=1S/C22H15F2N4O5PS3/c23-18-5-15(3-1-13(18)9-25)32-34(29,33-16-4-2-14(10-26)19(24)6-16)12-28-37(30,31)22-8-21-20(36-22)7-17(11-27)35-21/h1-8,28H,11-12,27H2. The molecule has 0 aliphatic rings. The van der Waals surface area contributed by atoms with Crippen LogP contribution in [-0.4, -0.2) is 14.7 Å². The van der Waals surface area contributed by atoms with Gasteiger partial charge in [0.05, 0.1) is 11.1 Å². The lowest BCUT2D eigenvalue weighted by Crippen LogP contribution is -2.26. The third-order valence-corrected chi connectivity index (χ3v) is 10.7. The monoisotopic (exact) mass is 580 g/mol. The molecule has 9 nitrogen and oxygen atoms in total. The van der Waals surface area contributed by atoms with Crippen LogP contribution in [0.5, 0.6) is 11.5 Å². The lowest BCUT2D eigenvalue weighted by atomic mass is 10.2. The largest absolute Gasteiger partial charge is 0.445 e. The van der Waals surface area contributed by atoms with E-state index in [0.29, 0.717) is 15.9 Å². The van der Waals surface area contributed by atoms with Crippen molar-refractivity contribution in [3.63, 3.8) is 0 Å². The van der Waals surface area contributed by atoms with E-state index in [1.54, 1.807) is 18.2 Å². The number of halogens is 2. The van der Waals surface area contributed by atoms with Gasteiger partial charge in [-0.2, -0.15) is 15.2 Å². The second-order valence-corrected chi connectivity index (χ2v) is 13.5. The van der Waals surface area contributed by atoms with Gasteiger partial charge in [-0.15, -0.1) is 22.7 Å². The number of hydrogen-bond acceptors (Lipinski definition) is 10. The Labute approximate surface area is 217 Å². The Morgan fingerprint density at radius 3 is 1.92 bits per heavy atom. The Morgan fingerprint density at radius 2 is 1.46 bits per heavy atom. The van der Waals surface area contributed by atoms with Gasteiger partial charge in [0.1, 0.15) is 45.8 Å². The van der Waals surface area contributed by atoms with Crippen LogP contribution in [0.25, 0.3) is 9.40 Å². The van der Waals surface area contributed by atoms with Crippen LogP contribution in [-0.2, 0) is 21.1 Å². The van der Waals surface area contributed by atoms with E-state index in [2.05, 4.69) is 4.72 Å². The fraction of sp³-hybridized carbons (Fsp3) is 0.0909. The third-order valence-electron chi connectivity index (χ3n) is 4.76. The summed E-state index contributed by atoms with van der Waals surface area (Å²) in [5.41, 5.74) is 5.02. The Balaban J connectivity index is 1.62.